The lowest BCUT2D eigenvalue weighted by Crippen LogP contribution is -2.16. The minimum absolute atomic E-state index is 0.156. The molecule has 0 unspecified atom stereocenters. The summed E-state index contributed by atoms with van der Waals surface area (Å²) in [4.78, 5) is 12.4. The molecule has 0 atom stereocenters. The molecular weight excluding hydrogens is 368 g/mol. The molecule has 7 heteroatoms. The number of carbonyl (C=O) groups is 1. The molecule has 2 aromatic heterocycles. The van der Waals surface area contributed by atoms with Crippen molar-refractivity contribution in [2.45, 2.75) is 20.3 Å². The normalized spacial score (nSPS) is 11.3. The van der Waals surface area contributed by atoms with E-state index in [2.05, 4.69) is 41.4 Å². The first-order valence-electron chi connectivity index (χ1n) is 9.54. The summed E-state index contributed by atoms with van der Waals surface area (Å²) in [5, 5.41) is 15.5. The van der Waals surface area contributed by atoms with Gasteiger partial charge in [0.2, 0.25) is 0 Å². The maximum Gasteiger partial charge on any atom is 0.360 e. The van der Waals surface area contributed by atoms with Crippen molar-refractivity contribution in [2.75, 3.05) is 20.3 Å². The van der Waals surface area contributed by atoms with E-state index in [0.717, 1.165) is 34.0 Å². The Balaban J connectivity index is 1.88. The zero-order valence-electron chi connectivity index (χ0n) is 16.7. The Labute approximate surface area is 168 Å². The number of aryl methyl sites for hydroxylation is 2. The van der Waals surface area contributed by atoms with Crippen molar-refractivity contribution in [3.05, 3.63) is 59.5 Å². The number of aromatic nitrogens is 4. The molecule has 0 saturated heterocycles. The molecule has 0 N–H and O–H groups in total. The van der Waals surface area contributed by atoms with E-state index in [9.17, 15) is 4.79 Å². The first kappa shape index (κ1) is 19.0. The molecule has 0 bridgehead atoms. The van der Waals surface area contributed by atoms with Crippen LogP contribution in [-0.4, -0.2) is 46.1 Å². The van der Waals surface area contributed by atoms with Gasteiger partial charge in [-0.3, -0.25) is 0 Å². The minimum atomic E-state index is -0.533. The van der Waals surface area contributed by atoms with Crippen LogP contribution in [0.5, 0.6) is 0 Å². The Bertz CT molecular complexity index is 1190. The van der Waals surface area contributed by atoms with Crippen LogP contribution in [0.25, 0.3) is 27.5 Å². The predicted molar refractivity (Wildman–Crippen MR) is 110 cm³/mol. The summed E-state index contributed by atoms with van der Waals surface area (Å²) in [5.41, 5.74) is 4.29. The number of fused-ring (bicyclic) bond motifs is 2. The second kappa shape index (κ2) is 7.97. The Hall–Kier alpha value is -3.32. The third kappa shape index (κ3) is 3.34. The average molecular weight is 390 g/mol. The second-order valence-electron chi connectivity index (χ2n) is 6.70. The van der Waals surface area contributed by atoms with Gasteiger partial charge in [-0.05, 0) is 29.7 Å². The monoisotopic (exact) mass is 390 g/mol. The van der Waals surface area contributed by atoms with Crippen molar-refractivity contribution >= 4 is 22.4 Å². The zero-order valence-corrected chi connectivity index (χ0v) is 16.7. The Kier molecular flexibility index (Phi) is 5.22. The molecule has 0 aliphatic heterocycles. The zero-order chi connectivity index (χ0) is 20.4. The molecule has 0 saturated carbocycles. The molecule has 4 aromatic rings. The van der Waals surface area contributed by atoms with Crippen LogP contribution in [0.3, 0.4) is 0 Å². The van der Waals surface area contributed by atoms with Gasteiger partial charge in [0.25, 0.3) is 0 Å². The summed E-state index contributed by atoms with van der Waals surface area (Å²) in [6.45, 7) is 4.34. The van der Waals surface area contributed by atoms with Crippen molar-refractivity contribution in [2.24, 2.45) is 0 Å². The van der Waals surface area contributed by atoms with Crippen LogP contribution >= 0.6 is 0 Å². The molecule has 0 aliphatic rings. The second-order valence-corrected chi connectivity index (χ2v) is 6.70. The molecule has 0 spiro atoms. The van der Waals surface area contributed by atoms with Crippen molar-refractivity contribution in [3.63, 3.8) is 0 Å². The Morgan fingerprint density at radius 1 is 1.07 bits per heavy atom. The minimum Gasteiger partial charge on any atom is -0.458 e. The van der Waals surface area contributed by atoms with Gasteiger partial charge in [-0.2, -0.15) is 5.10 Å². The van der Waals surface area contributed by atoms with Gasteiger partial charge < -0.3 is 9.47 Å². The van der Waals surface area contributed by atoms with Crippen LogP contribution in [0.15, 0.2) is 42.5 Å². The van der Waals surface area contributed by atoms with Gasteiger partial charge >= 0.3 is 5.97 Å². The first-order valence-corrected chi connectivity index (χ1v) is 9.54. The van der Waals surface area contributed by atoms with E-state index in [-0.39, 0.29) is 12.3 Å². The first-order chi connectivity index (χ1) is 14.2. The van der Waals surface area contributed by atoms with Crippen LogP contribution in [0.2, 0.25) is 0 Å². The van der Waals surface area contributed by atoms with E-state index >= 15 is 0 Å². The fraction of sp³-hybridized carbons (Fsp3) is 0.273. The summed E-state index contributed by atoms with van der Waals surface area (Å²) in [7, 11) is 1.55. The number of esters is 1. The van der Waals surface area contributed by atoms with Crippen LogP contribution in [0, 0.1) is 6.92 Å². The highest BCUT2D eigenvalue weighted by Gasteiger charge is 2.22. The highest BCUT2D eigenvalue weighted by atomic mass is 16.6. The molecular formula is C22H22N4O3. The number of benzene rings is 2. The van der Waals surface area contributed by atoms with Gasteiger partial charge in [-0.25, -0.2) is 9.31 Å². The smallest absolute Gasteiger partial charge is 0.360 e. The van der Waals surface area contributed by atoms with Gasteiger partial charge in [0.1, 0.15) is 6.61 Å². The Morgan fingerprint density at radius 2 is 1.86 bits per heavy atom. The van der Waals surface area contributed by atoms with E-state index in [1.807, 2.05) is 18.2 Å². The molecule has 0 fully saturated rings. The number of hydrogen-bond donors (Lipinski definition) is 0. The van der Waals surface area contributed by atoms with Crippen molar-refractivity contribution in [1.82, 2.24) is 19.8 Å². The van der Waals surface area contributed by atoms with Gasteiger partial charge in [0, 0.05) is 7.11 Å². The molecule has 0 amide bonds. The molecule has 29 heavy (non-hydrogen) atoms. The van der Waals surface area contributed by atoms with E-state index in [1.165, 1.54) is 0 Å². The predicted octanol–water partition coefficient (Wildman–Crippen LogP) is 3.62. The van der Waals surface area contributed by atoms with Gasteiger partial charge in [-0.15, -0.1) is 10.2 Å². The van der Waals surface area contributed by atoms with Crippen molar-refractivity contribution < 1.29 is 14.3 Å². The van der Waals surface area contributed by atoms with Gasteiger partial charge in [0.05, 0.1) is 23.6 Å². The lowest BCUT2D eigenvalue weighted by Gasteiger charge is -2.08. The maximum atomic E-state index is 12.4. The maximum absolute atomic E-state index is 12.4. The molecule has 0 aliphatic carbocycles. The summed E-state index contributed by atoms with van der Waals surface area (Å²) in [6.07, 6.45) is 0.731. The standard InChI is InChI=1S/C22H22N4O3/c1-4-18-19(17-11-7-9-15-8-5-6-10-16(15)17)21-24-23-20(14(2)26(21)25-18)22(27)29-13-12-28-3/h5-11H,4,12-13H2,1-3H3. The molecule has 2 aromatic carbocycles. The van der Waals surface area contributed by atoms with Gasteiger partial charge in [-0.1, -0.05) is 49.4 Å². The third-order valence-electron chi connectivity index (χ3n) is 4.95. The summed E-state index contributed by atoms with van der Waals surface area (Å²) >= 11 is 0. The highest BCUT2D eigenvalue weighted by Crippen LogP contribution is 2.34. The summed E-state index contributed by atoms with van der Waals surface area (Å²) < 4.78 is 11.8. The van der Waals surface area contributed by atoms with Crippen molar-refractivity contribution in [3.8, 4) is 11.1 Å². The SMILES string of the molecule is CCc1nn2c(C)c(C(=O)OCCOC)nnc2c1-c1cccc2ccccc12. The average Bonchev–Trinajstić information content (AvgIpc) is 3.13. The van der Waals surface area contributed by atoms with Crippen LogP contribution < -0.4 is 0 Å². The van der Waals surface area contributed by atoms with E-state index in [1.54, 1.807) is 18.5 Å². The fourth-order valence-electron chi connectivity index (χ4n) is 3.49. The molecule has 2 heterocycles. The number of rotatable bonds is 6. The van der Waals surface area contributed by atoms with Crippen molar-refractivity contribution in [1.29, 1.82) is 0 Å². The molecule has 0 radical (unpaired) electrons. The number of hydrogen-bond acceptors (Lipinski definition) is 6. The molecule has 148 valence electrons. The molecule has 4 rings (SSSR count). The quantitative estimate of drug-likeness (QED) is 0.370. The highest BCUT2D eigenvalue weighted by molar-refractivity contribution is 6.00. The van der Waals surface area contributed by atoms with Crippen LogP contribution in [0.4, 0.5) is 0 Å². The number of methoxy groups -OCH3 is 1. The van der Waals surface area contributed by atoms with Gasteiger partial charge in [0.15, 0.2) is 11.3 Å². The number of carbonyl (C=O) groups excluding carboxylic acids is 1. The summed E-state index contributed by atoms with van der Waals surface area (Å²) in [5.74, 6) is -0.533. The van der Waals surface area contributed by atoms with Crippen LogP contribution in [0.1, 0.15) is 28.8 Å². The number of ether oxygens (including phenoxy) is 2. The largest absolute Gasteiger partial charge is 0.458 e. The topological polar surface area (TPSA) is 78.6 Å². The number of nitrogens with zero attached hydrogens (tertiary/aromatic N) is 4. The fourth-order valence-corrected chi connectivity index (χ4v) is 3.49. The van der Waals surface area contributed by atoms with E-state index in [4.69, 9.17) is 14.6 Å². The van der Waals surface area contributed by atoms with Crippen LogP contribution in [-0.2, 0) is 15.9 Å². The molecule has 7 nitrogen and oxygen atoms in total. The van der Waals surface area contributed by atoms with E-state index in [0.29, 0.717) is 17.9 Å². The van der Waals surface area contributed by atoms with E-state index < -0.39 is 5.97 Å². The lowest BCUT2D eigenvalue weighted by molar-refractivity contribution is 0.0378. The lowest BCUT2D eigenvalue weighted by atomic mass is 9.97. The third-order valence-corrected chi connectivity index (χ3v) is 4.95. The Morgan fingerprint density at radius 3 is 2.66 bits per heavy atom. The summed E-state index contributed by atoms with van der Waals surface area (Å²) in [6, 6.07) is 14.4.